The average Bonchev–Trinajstić information content (AvgIpc) is 2.28. The Kier molecular flexibility index (Phi) is 2.92. The minimum Gasteiger partial charge on any atom is -0.307 e. The molecule has 0 saturated carbocycles. The first-order valence-corrected chi connectivity index (χ1v) is 5.76. The molecule has 15 heavy (non-hydrogen) atoms. The largest absolute Gasteiger partial charge is 0.307 e. The van der Waals surface area contributed by atoms with Gasteiger partial charge < -0.3 is 5.32 Å². The van der Waals surface area contributed by atoms with Crippen molar-refractivity contribution in [3.8, 4) is 0 Å². The van der Waals surface area contributed by atoms with Crippen molar-refractivity contribution in [2.45, 2.75) is 38.8 Å². The summed E-state index contributed by atoms with van der Waals surface area (Å²) in [6.07, 6.45) is 4.30. The minimum atomic E-state index is 0.471. The molecule has 0 aliphatic carbocycles. The van der Waals surface area contributed by atoms with Crippen LogP contribution in [0.15, 0.2) is 24.8 Å². The van der Waals surface area contributed by atoms with E-state index in [0.29, 0.717) is 12.1 Å². The molecule has 0 radical (unpaired) electrons. The van der Waals surface area contributed by atoms with E-state index in [4.69, 9.17) is 0 Å². The normalized spacial score (nSPS) is 24.7. The van der Waals surface area contributed by atoms with Gasteiger partial charge in [-0.05, 0) is 36.5 Å². The number of benzene rings is 1. The highest BCUT2D eigenvalue weighted by Gasteiger charge is 2.23. The van der Waals surface area contributed by atoms with Crippen LogP contribution >= 0.6 is 0 Å². The fourth-order valence-corrected chi connectivity index (χ4v) is 2.47. The maximum atomic E-state index is 3.89. The van der Waals surface area contributed by atoms with E-state index in [2.05, 4.69) is 43.9 Å². The molecule has 0 fully saturated rings. The highest BCUT2D eigenvalue weighted by atomic mass is 15.0. The molecule has 0 spiro atoms. The minimum absolute atomic E-state index is 0.471. The second-order valence-electron chi connectivity index (χ2n) is 4.32. The van der Waals surface area contributed by atoms with Crippen molar-refractivity contribution in [3.63, 3.8) is 0 Å². The van der Waals surface area contributed by atoms with Gasteiger partial charge in [-0.25, -0.2) is 0 Å². The molecule has 1 heteroatoms. The van der Waals surface area contributed by atoms with Gasteiger partial charge in [-0.3, -0.25) is 0 Å². The molecule has 1 aromatic carbocycles. The number of fused-ring (bicyclic) bond motifs is 1. The third-order valence-corrected chi connectivity index (χ3v) is 3.36. The third kappa shape index (κ3) is 1.84. The van der Waals surface area contributed by atoms with Gasteiger partial charge in [0.25, 0.3) is 0 Å². The van der Waals surface area contributed by atoms with Gasteiger partial charge in [0.1, 0.15) is 0 Å². The van der Waals surface area contributed by atoms with Crippen LogP contribution in [0, 0.1) is 0 Å². The number of hydrogen-bond donors (Lipinski definition) is 1. The molecule has 0 bridgehead atoms. The fraction of sp³-hybridized carbons (Fsp3) is 0.429. The molecule has 0 aromatic heterocycles. The molecule has 0 saturated heterocycles. The lowest BCUT2D eigenvalue weighted by atomic mass is 9.87. The van der Waals surface area contributed by atoms with E-state index in [1.54, 1.807) is 0 Å². The van der Waals surface area contributed by atoms with Crippen molar-refractivity contribution in [1.82, 2.24) is 5.32 Å². The van der Waals surface area contributed by atoms with Crippen LogP contribution in [0.3, 0.4) is 0 Å². The van der Waals surface area contributed by atoms with Gasteiger partial charge in [-0.2, -0.15) is 0 Å². The van der Waals surface area contributed by atoms with E-state index in [0.717, 1.165) is 6.42 Å². The Hall–Kier alpha value is -1.08. The Morgan fingerprint density at radius 3 is 3.00 bits per heavy atom. The van der Waals surface area contributed by atoms with Gasteiger partial charge in [0.15, 0.2) is 0 Å². The monoisotopic (exact) mass is 201 g/mol. The zero-order valence-corrected chi connectivity index (χ0v) is 9.59. The first-order chi connectivity index (χ1) is 7.26. The van der Waals surface area contributed by atoms with Crippen LogP contribution in [0.5, 0.6) is 0 Å². The van der Waals surface area contributed by atoms with E-state index in [1.165, 1.54) is 23.1 Å². The van der Waals surface area contributed by atoms with Crippen LogP contribution in [0.4, 0.5) is 0 Å². The van der Waals surface area contributed by atoms with Gasteiger partial charge >= 0.3 is 0 Å². The van der Waals surface area contributed by atoms with Gasteiger partial charge in [0, 0.05) is 12.1 Å². The topological polar surface area (TPSA) is 12.0 Å². The first-order valence-electron chi connectivity index (χ1n) is 5.76. The highest BCUT2D eigenvalue weighted by molar-refractivity contribution is 5.55. The number of nitrogens with one attached hydrogen (secondary N) is 1. The van der Waals surface area contributed by atoms with Crippen LogP contribution in [0.1, 0.15) is 43.0 Å². The first kappa shape index (κ1) is 10.4. The standard InChI is InChI=1S/C14H19N/c1-4-11-7-6-8-13-10(3)15-12(5-2)9-14(11)13/h4,6-8,10,12,15H,1,5,9H2,2-3H3/t10-,12-/m0/s1. The van der Waals surface area contributed by atoms with Gasteiger partial charge in [0.2, 0.25) is 0 Å². The van der Waals surface area contributed by atoms with Crippen LogP contribution in [0.2, 0.25) is 0 Å². The lowest BCUT2D eigenvalue weighted by molar-refractivity contribution is 0.412. The lowest BCUT2D eigenvalue weighted by Crippen LogP contribution is -2.38. The average molecular weight is 201 g/mol. The van der Waals surface area contributed by atoms with Gasteiger partial charge in [-0.1, -0.05) is 37.8 Å². The second-order valence-corrected chi connectivity index (χ2v) is 4.32. The van der Waals surface area contributed by atoms with Crippen molar-refractivity contribution < 1.29 is 0 Å². The van der Waals surface area contributed by atoms with Crippen LogP contribution in [-0.4, -0.2) is 6.04 Å². The van der Waals surface area contributed by atoms with Crippen molar-refractivity contribution in [3.05, 3.63) is 41.5 Å². The maximum absolute atomic E-state index is 3.89. The number of hydrogen-bond acceptors (Lipinski definition) is 1. The summed E-state index contributed by atoms with van der Waals surface area (Å²) >= 11 is 0. The molecule has 1 heterocycles. The van der Waals surface area contributed by atoms with Crippen molar-refractivity contribution in [1.29, 1.82) is 0 Å². The summed E-state index contributed by atoms with van der Waals surface area (Å²) in [5.41, 5.74) is 4.24. The molecule has 1 aliphatic rings. The molecule has 1 N–H and O–H groups in total. The maximum Gasteiger partial charge on any atom is 0.0297 e. The molecule has 80 valence electrons. The molecule has 2 rings (SSSR count). The third-order valence-electron chi connectivity index (χ3n) is 3.36. The smallest absolute Gasteiger partial charge is 0.0297 e. The summed E-state index contributed by atoms with van der Waals surface area (Å²) < 4.78 is 0. The van der Waals surface area contributed by atoms with E-state index in [1.807, 2.05) is 6.08 Å². The number of rotatable bonds is 2. The molecule has 0 unspecified atom stereocenters. The Morgan fingerprint density at radius 1 is 1.53 bits per heavy atom. The molecule has 1 aliphatic heterocycles. The van der Waals surface area contributed by atoms with Crippen LogP contribution in [0.25, 0.3) is 6.08 Å². The van der Waals surface area contributed by atoms with E-state index in [9.17, 15) is 0 Å². The zero-order valence-electron chi connectivity index (χ0n) is 9.59. The predicted octanol–water partition coefficient (Wildman–Crippen LogP) is 3.31. The Balaban J connectivity index is 2.45. The van der Waals surface area contributed by atoms with Gasteiger partial charge in [0.05, 0.1) is 0 Å². The summed E-state index contributed by atoms with van der Waals surface area (Å²) in [6.45, 7) is 8.38. The summed E-state index contributed by atoms with van der Waals surface area (Å²) in [4.78, 5) is 0. The molecule has 2 atom stereocenters. The predicted molar refractivity (Wildman–Crippen MR) is 65.9 cm³/mol. The summed E-state index contributed by atoms with van der Waals surface area (Å²) in [5, 5.41) is 3.64. The Bertz CT molecular complexity index is 368. The summed E-state index contributed by atoms with van der Waals surface area (Å²) in [5.74, 6) is 0. The van der Waals surface area contributed by atoms with Crippen molar-refractivity contribution in [2.24, 2.45) is 0 Å². The quantitative estimate of drug-likeness (QED) is 0.774. The molecule has 0 amide bonds. The Morgan fingerprint density at radius 2 is 2.33 bits per heavy atom. The lowest BCUT2D eigenvalue weighted by Gasteiger charge is -2.31. The molecule has 1 nitrogen and oxygen atoms in total. The zero-order chi connectivity index (χ0) is 10.8. The SMILES string of the molecule is C=Cc1cccc2c1C[C@H](CC)N[C@H]2C. The van der Waals surface area contributed by atoms with Gasteiger partial charge in [-0.15, -0.1) is 0 Å². The van der Waals surface area contributed by atoms with E-state index < -0.39 is 0 Å². The van der Waals surface area contributed by atoms with E-state index >= 15 is 0 Å². The second kappa shape index (κ2) is 4.19. The summed E-state index contributed by atoms with van der Waals surface area (Å²) in [7, 11) is 0. The summed E-state index contributed by atoms with van der Waals surface area (Å²) in [6, 6.07) is 7.61. The highest BCUT2D eigenvalue weighted by Crippen LogP contribution is 2.28. The van der Waals surface area contributed by atoms with Crippen molar-refractivity contribution >= 4 is 6.08 Å². The molecular weight excluding hydrogens is 182 g/mol. The Labute approximate surface area is 92.2 Å². The van der Waals surface area contributed by atoms with Crippen LogP contribution < -0.4 is 5.32 Å². The molecule has 1 aromatic rings. The van der Waals surface area contributed by atoms with Crippen LogP contribution in [-0.2, 0) is 6.42 Å². The van der Waals surface area contributed by atoms with E-state index in [-0.39, 0.29) is 0 Å². The van der Waals surface area contributed by atoms with Crippen molar-refractivity contribution in [2.75, 3.05) is 0 Å². The fourth-order valence-electron chi connectivity index (χ4n) is 2.47. The molecular formula is C14H19N.